The smallest absolute Gasteiger partial charge is 0.309 e. The molecule has 0 spiro atoms. The highest BCUT2D eigenvalue weighted by molar-refractivity contribution is 6.21. The Morgan fingerprint density at radius 1 is 1.00 bits per heavy atom. The van der Waals surface area contributed by atoms with Crippen LogP contribution < -0.4 is 0 Å². The third-order valence-electron chi connectivity index (χ3n) is 11.3. The third kappa shape index (κ3) is 14.8. The Bertz CT molecular complexity index is 1350. The van der Waals surface area contributed by atoms with Crippen molar-refractivity contribution < 1.29 is 72.0 Å². The van der Waals surface area contributed by atoms with Crippen LogP contribution in [0.1, 0.15) is 93.9 Å². The van der Waals surface area contributed by atoms with Gasteiger partial charge in [0.25, 0.3) is 0 Å². The van der Waals surface area contributed by atoms with E-state index in [1.165, 1.54) is 28.3 Å². The predicted octanol–water partition coefficient (Wildman–Crippen LogP) is 4.12. The summed E-state index contributed by atoms with van der Waals surface area (Å²) in [5.41, 5.74) is -1.48. The molecule has 3 aliphatic heterocycles. The van der Waals surface area contributed by atoms with Gasteiger partial charge in [0.2, 0.25) is 0 Å². The second-order valence-corrected chi connectivity index (χ2v) is 17.8. The Morgan fingerprint density at radius 2 is 1.66 bits per heavy atom. The first-order valence-electron chi connectivity index (χ1n) is 20.8. The Kier molecular flexibility index (Phi) is 20.4. The zero-order valence-electron chi connectivity index (χ0n) is 37.2. The lowest BCUT2D eigenvalue weighted by molar-refractivity contribution is -0.345. The van der Waals surface area contributed by atoms with E-state index in [2.05, 4.69) is 0 Å². The van der Waals surface area contributed by atoms with E-state index >= 15 is 0 Å². The molecule has 0 bridgehead atoms. The molecule has 16 nitrogen and oxygen atoms in total. The average Bonchev–Trinajstić information content (AvgIpc) is 3.11. The summed E-state index contributed by atoms with van der Waals surface area (Å²) in [5, 5.41) is 23.3. The fraction of sp³-hybridized carbons (Fsp3) is 0.881. The largest absolute Gasteiger partial charge is 0.462 e. The summed E-state index contributed by atoms with van der Waals surface area (Å²) in [5.74, 6) is -2.23. The molecule has 0 amide bonds. The Morgan fingerprint density at radius 3 is 2.22 bits per heavy atom. The van der Waals surface area contributed by atoms with Gasteiger partial charge in [0.1, 0.15) is 36.1 Å². The molecular formula is C42H72ClNO15. The number of alkyl halides is 1. The van der Waals surface area contributed by atoms with Gasteiger partial charge in [-0.25, -0.2) is 0 Å². The van der Waals surface area contributed by atoms with Crippen LogP contribution in [0.25, 0.3) is 0 Å². The molecule has 3 aliphatic rings. The molecule has 3 rings (SSSR count). The van der Waals surface area contributed by atoms with Crippen molar-refractivity contribution >= 4 is 29.5 Å². The van der Waals surface area contributed by atoms with Crippen molar-refractivity contribution in [2.75, 3.05) is 35.4 Å². The van der Waals surface area contributed by atoms with Crippen LogP contribution in [0.2, 0.25) is 0 Å². The maximum atomic E-state index is 13.3. The third-order valence-corrected chi connectivity index (χ3v) is 11.8. The van der Waals surface area contributed by atoms with Crippen LogP contribution in [0, 0.1) is 17.8 Å². The van der Waals surface area contributed by atoms with Gasteiger partial charge in [-0.05, 0) is 66.0 Å². The summed E-state index contributed by atoms with van der Waals surface area (Å²) in [4.78, 5) is 40.2. The highest BCUT2D eigenvalue weighted by Crippen LogP contribution is 2.38. The minimum absolute atomic E-state index is 0.0243. The highest BCUT2D eigenvalue weighted by Gasteiger charge is 2.53. The van der Waals surface area contributed by atoms with E-state index in [1.807, 2.05) is 32.9 Å². The number of hydrogen-bond acceptors (Lipinski definition) is 16. The van der Waals surface area contributed by atoms with Crippen LogP contribution >= 0.6 is 11.6 Å². The van der Waals surface area contributed by atoms with Gasteiger partial charge in [-0.15, -0.1) is 11.6 Å². The van der Waals surface area contributed by atoms with Gasteiger partial charge in [-0.2, -0.15) is 0 Å². The number of nitrogens with zero attached hydrogens (tertiary/aromatic N) is 1. The molecule has 3 heterocycles. The first-order valence-corrected chi connectivity index (χ1v) is 21.2. The molecule has 342 valence electrons. The summed E-state index contributed by atoms with van der Waals surface area (Å²) in [6.45, 7) is 13.9. The van der Waals surface area contributed by atoms with Gasteiger partial charge in [0.05, 0.1) is 36.2 Å². The quantitative estimate of drug-likeness (QED) is 0.0834. The number of hydrogen-bond donors (Lipinski definition) is 2. The second kappa shape index (κ2) is 23.5. The van der Waals surface area contributed by atoms with Gasteiger partial charge >= 0.3 is 17.9 Å². The Balaban J connectivity index is 2.02. The molecule has 1 unspecified atom stereocenters. The van der Waals surface area contributed by atoms with Crippen LogP contribution in [0.15, 0.2) is 12.2 Å². The van der Waals surface area contributed by atoms with Crippen LogP contribution in [0.4, 0.5) is 0 Å². The van der Waals surface area contributed by atoms with Crippen molar-refractivity contribution in [1.82, 2.24) is 4.90 Å². The number of carbonyl (C=O) groups is 3. The summed E-state index contributed by atoms with van der Waals surface area (Å²) in [6.07, 6.45) is -6.46. The number of aliphatic hydroxyl groups is 2. The van der Waals surface area contributed by atoms with E-state index in [1.54, 1.807) is 46.7 Å². The Labute approximate surface area is 355 Å². The molecule has 0 aromatic carbocycles. The average molecular weight is 866 g/mol. The molecule has 2 saturated heterocycles. The lowest BCUT2D eigenvalue weighted by Crippen LogP contribution is -2.66. The molecule has 16 atom stereocenters. The number of esters is 3. The second-order valence-electron chi connectivity index (χ2n) is 17.3. The number of ether oxygens (including phenoxy) is 10. The standard InChI is InChI=1S/C42H72ClNO15/c1-22(2)17-31(46)57-40-26(6)54-34(21-42(40,8)49)58-37-25(5)55-41(36(48)35(37)44(9)10)59-38-28(19-33(50-11)51-12)18-23(3)29(43)16-14-15-24(4)53-32(47)20-30(39(38)52-13)56-27(7)45/h14,16,22-26,28-30,33-41,48-49H,15,17-21H2,1-13H3/b16-14+/t23-,24-,25-,26+,28-,29+,30-,34+,35-,36-,37-,38?,39+,40+,41+,42-/m1/s1. The van der Waals surface area contributed by atoms with Crippen molar-refractivity contribution in [3.63, 3.8) is 0 Å². The van der Waals surface area contributed by atoms with Crippen molar-refractivity contribution in [1.29, 1.82) is 0 Å². The van der Waals surface area contributed by atoms with E-state index in [9.17, 15) is 24.6 Å². The summed E-state index contributed by atoms with van der Waals surface area (Å²) in [7, 11) is 8.03. The Hall–Kier alpha value is -1.96. The van der Waals surface area contributed by atoms with E-state index in [0.717, 1.165) is 0 Å². The molecule has 0 aromatic heterocycles. The van der Waals surface area contributed by atoms with Crippen molar-refractivity contribution in [2.24, 2.45) is 17.8 Å². The van der Waals surface area contributed by atoms with E-state index < -0.39 is 115 Å². The topological polar surface area (TPSA) is 187 Å². The summed E-state index contributed by atoms with van der Waals surface area (Å²) in [6, 6.07) is -0.741. The molecule has 0 saturated carbocycles. The number of carbonyl (C=O) groups excluding carboxylic acids is 3. The molecule has 0 radical (unpaired) electrons. The van der Waals surface area contributed by atoms with E-state index in [-0.39, 0.29) is 37.5 Å². The maximum absolute atomic E-state index is 13.3. The summed E-state index contributed by atoms with van der Waals surface area (Å²) >= 11 is 6.93. The van der Waals surface area contributed by atoms with E-state index in [0.29, 0.717) is 12.8 Å². The van der Waals surface area contributed by atoms with Crippen LogP contribution in [0.5, 0.6) is 0 Å². The SMILES string of the molecule is COC(C[C@H]1C[C@@H](C)[C@@H](Cl)/C=C/C[C@@H](C)OC(=O)C[C@@H](OC(C)=O)[C@H](OC)C1O[C@@H]1O[C@H](C)[C@@H](O[C@H]2C[C@@](C)(O)[C@@H](OC(=O)CC(C)C)[C@H](C)O2)[C@H](N(C)C)[C@H]1O)OC. The molecule has 2 fully saturated rings. The summed E-state index contributed by atoms with van der Waals surface area (Å²) < 4.78 is 60.6. The number of cyclic esters (lactones) is 1. The fourth-order valence-electron chi connectivity index (χ4n) is 8.35. The first kappa shape index (κ1) is 51.4. The first-order chi connectivity index (χ1) is 27.6. The number of methoxy groups -OCH3 is 3. The van der Waals surface area contributed by atoms with Gasteiger partial charge in [-0.1, -0.05) is 32.9 Å². The van der Waals surface area contributed by atoms with Crippen molar-refractivity contribution in [3.05, 3.63) is 12.2 Å². The molecule has 59 heavy (non-hydrogen) atoms. The minimum atomic E-state index is -1.48. The number of aliphatic hydroxyl groups excluding tert-OH is 1. The van der Waals surface area contributed by atoms with Crippen LogP contribution in [0.3, 0.4) is 0 Å². The molecule has 0 aliphatic carbocycles. The zero-order valence-corrected chi connectivity index (χ0v) is 38.0. The van der Waals surface area contributed by atoms with Crippen molar-refractivity contribution in [2.45, 2.75) is 185 Å². The highest BCUT2D eigenvalue weighted by atomic mass is 35.5. The molecule has 17 heteroatoms. The molecule has 2 N–H and O–H groups in total. The number of likely N-dealkylation sites (N-methyl/N-ethyl adjacent to an activating group) is 1. The normalized spacial score (nSPS) is 39.7. The fourth-order valence-corrected chi connectivity index (χ4v) is 8.56. The predicted molar refractivity (Wildman–Crippen MR) is 216 cm³/mol. The number of rotatable bonds is 14. The minimum Gasteiger partial charge on any atom is -0.462 e. The zero-order chi connectivity index (χ0) is 44.4. The van der Waals surface area contributed by atoms with Gasteiger partial charge in [-0.3, -0.25) is 14.4 Å². The van der Waals surface area contributed by atoms with Gasteiger partial charge in [0, 0.05) is 53.9 Å². The molecular weight excluding hydrogens is 794 g/mol. The van der Waals surface area contributed by atoms with Crippen molar-refractivity contribution in [3.8, 4) is 0 Å². The number of halogens is 1. The lowest BCUT2D eigenvalue weighted by atomic mass is 9.82. The monoisotopic (exact) mass is 865 g/mol. The number of allylic oxidation sites excluding steroid dienone is 1. The van der Waals surface area contributed by atoms with Gasteiger partial charge < -0.3 is 62.5 Å². The lowest BCUT2D eigenvalue weighted by Gasteiger charge is -2.50. The van der Waals surface area contributed by atoms with E-state index in [4.69, 9.17) is 59.0 Å². The van der Waals surface area contributed by atoms with Crippen LogP contribution in [-0.2, 0) is 61.8 Å². The molecule has 0 aromatic rings. The van der Waals surface area contributed by atoms with Crippen LogP contribution in [-0.4, -0.2) is 159 Å². The van der Waals surface area contributed by atoms with Gasteiger partial charge in [0.15, 0.2) is 25.0 Å². The maximum Gasteiger partial charge on any atom is 0.309 e.